The van der Waals surface area contributed by atoms with Gasteiger partial charge in [0, 0.05) is 36.2 Å². The van der Waals surface area contributed by atoms with Gasteiger partial charge < -0.3 is 14.4 Å². The number of nitrogens with zero attached hydrogens (tertiary/aromatic N) is 3. The molecule has 0 aliphatic carbocycles. The molecule has 0 radical (unpaired) electrons. The van der Waals surface area contributed by atoms with Crippen LogP contribution in [-0.4, -0.2) is 69.8 Å². The minimum absolute atomic E-state index is 0.258. The number of aliphatic hydroxyl groups excluding tert-OH is 1. The molecule has 156 valence electrons. The van der Waals surface area contributed by atoms with E-state index in [4.69, 9.17) is 9.31 Å². The van der Waals surface area contributed by atoms with Gasteiger partial charge in [-0.1, -0.05) is 18.2 Å². The Morgan fingerprint density at radius 1 is 1.18 bits per heavy atom. The molecule has 3 heterocycles. The second-order valence-corrected chi connectivity index (χ2v) is 9.85. The van der Waals surface area contributed by atoms with E-state index in [0.717, 1.165) is 35.9 Å². The molecule has 1 unspecified atom stereocenters. The number of thioether (sulfide) groups is 1. The minimum atomic E-state index is -0.409. The first-order valence-corrected chi connectivity index (χ1v) is 11.5. The van der Waals surface area contributed by atoms with Crippen LogP contribution in [0.4, 0.5) is 0 Å². The lowest BCUT2D eigenvalue weighted by Crippen LogP contribution is -2.41. The van der Waals surface area contributed by atoms with Gasteiger partial charge in [0.25, 0.3) is 0 Å². The Kier molecular flexibility index (Phi) is 7.42. The van der Waals surface area contributed by atoms with E-state index >= 15 is 0 Å². The Labute approximate surface area is 173 Å². The zero-order valence-electron chi connectivity index (χ0n) is 17.7. The van der Waals surface area contributed by atoms with Gasteiger partial charge in [0.2, 0.25) is 0 Å². The van der Waals surface area contributed by atoms with E-state index in [1.165, 1.54) is 25.7 Å². The van der Waals surface area contributed by atoms with Crippen LogP contribution in [0.15, 0.2) is 17.6 Å². The van der Waals surface area contributed by atoms with E-state index in [2.05, 4.69) is 14.9 Å². The van der Waals surface area contributed by atoms with Gasteiger partial charge in [0.05, 0.1) is 17.8 Å². The van der Waals surface area contributed by atoms with E-state index < -0.39 is 7.12 Å². The van der Waals surface area contributed by atoms with Crippen LogP contribution < -0.4 is 5.46 Å². The van der Waals surface area contributed by atoms with Gasteiger partial charge in [0.1, 0.15) is 0 Å². The number of hydrogen-bond acceptors (Lipinski definition) is 7. The molecule has 2 saturated heterocycles. The number of aliphatic hydroxyl groups is 1. The average Bonchev–Trinajstić information content (AvgIpc) is 2.88. The summed E-state index contributed by atoms with van der Waals surface area (Å²) in [6, 6.07) is 0.619. The lowest BCUT2D eigenvalue weighted by molar-refractivity contribution is 0.00578. The fourth-order valence-electron chi connectivity index (χ4n) is 3.79. The van der Waals surface area contributed by atoms with Crippen molar-refractivity contribution in [1.82, 2.24) is 14.9 Å². The Bertz CT molecular complexity index is 612. The van der Waals surface area contributed by atoms with E-state index in [9.17, 15) is 5.11 Å². The fourth-order valence-corrected chi connectivity index (χ4v) is 4.54. The monoisotopic (exact) mass is 407 g/mol. The molecule has 2 aliphatic heterocycles. The van der Waals surface area contributed by atoms with Gasteiger partial charge in [-0.3, -0.25) is 4.90 Å². The van der Waals surface area contributed by atoms with Crippen molar-refractivity contribution in [2.45, 2.75) is 82.2 Å². The first kappa shape index (κ1) is 22.0. The quantitative estimate of drug-likeness (QED) is 0.307. The van der Waals surface area contributed by atoms with Crippen molar-refractivity contribution in [3.05, 3.63) is 12.4 Å². The molecule has 1 aromatic heterocycles. The molecule has 0 bridgehead atoms. The Balaban J connectivity index is 1.44. The summed E-state index contributed by atoms with van der Waals surface area (Å²) >= 11 is 1.70. The van der Waals surface area contributed by atoms with Crippen LogP contribution in [0.1, 0.15) is 59.8 Å². The van der Waals surface area contributed by atoms with Crippen LogP contribution in [0.5, 0.6) is 0 Å². The summed E-state index contributed by atoms with van der Waals surface area (Å²) in [7, 11) is -0.409. The molecule has 1 N–H and O–H groups in total. The molecular formula is C20H34BN3O3S. The van der Waals surface area contributed by atoms with E-state index in [1.807, 2.05) is 40.1 Å². The zero-order valence-corrected chi connectivity index (χ0v) is 18.5. The highest BCUT2D eigenvalue weighted by molar-refractivity contribution is 7.99. The zero-order chi connectivity index (χ0) is 20.2. The first-order chi connectivity index (χ1) is 13.3. The number of rotatable bonds is 8. The van der Waals surface area contributed by atoms with E-state index in [0.29, 0.717) is 6.04 Å². The average molecular weight is 407 g/mol. The molecule has 6 nitrogen and oxygen atoms in total. The number of hydrogen-bond donors (Lipinski definition) is 1. The second kappa shape index (κ2) is 9.43. The van der Waals surface area contributed by atoms with Gasteiger partial charge in [0.15, 0.2) is 5.16 Å². The number of piperidine rings is 1. The predicted octanol–water partition coefficient (Wildman–Crippen LogP) is 2.49. The largest absolute Gasteiger partial charge is 0.498 e. The maximum Gasteiger partial charge on any atom is 0.498 e. The molecule has 2 aliphatic rings. The van der Waals surface area contributed by atoms with Gasteiger partial charge in [-0.25, -0.2) is 9.97 Å². The van der Waals surface area contributed by atoms with Crippen molar-refractivity contribution < 1.29 is 14.4 Å². The fraction of sp³-hybridized carbons (Fsp3) is 0.800. The SMILES string of the molecule is CC1(C)OB(c2cnc(SCCCC3CCCCN3CCO)nc2)OC1(C)C. The van der Waals surface area contributed by atoms with Gasteiger partial charge in [-0.15, -0.1) is 0 Å². The van der Waals surface area contributed by atoms with Crippen LogP contribution in [0, 0.1) is 0 Å². The molecule has 0 aromatic carbocycles. The van der Waals surface area contributed by atoms with Crippen molar-refractivity contribution in [3.8, 4) is 0 Å². The molecule has 0 saturated carbocycles. The summed E-state index contributed by atoms with van der Waals surface area (Å²) in [4.78, 5) is 11.4. The number of aromatic nitrogens is 2. The summed E-state index contributed by atoms with van der Waals surface area (Å²) in [5, 5.41) is 10.0. The summed E-state index contributed by atoms with van der Waals surface area (Å²) in [6.07, 6.45) is 9.78. The highest BCUT2D eigenvalue weighted by atomic mass is 32.2. The summed E-state index contributed by atoms with van der Waals surface area (Å²) in [5.41, 5.74) is 0.159. The maximum atomic E-state index is 9.23. The molecule has 28 heavy (non-hydrogen) atoms. The minimum Gasteiger partial charge on any atom is -0.399 e. The Morgan fingerprint density at radius 3 is 2.50 bits per heavy atom. The summed E-state index contributed by atoms with van der Waals surface area (Å²) < 4.78 is 12.1. The molecule has 2 fully saturated rings. The smallest absolute Gasteiger partial charge is 0.399 e. The topological polar surface area (TPSA) is 67.7 Å². The second-order valence-electron chi connectivity index (χ2n) is 8.79. The van der Waals surface area contributed by atoms with Gasteiger partial charge in [-0.2, -0.15) is 0 Å². The highest BCUT2D eigenvalue weighted by Gasteiger charge is 2.51. The molecule has 1 aromatic rings. The van der Waals surface area contributed by atoms with Crippen LogP contribution in [-0.2, 0) is 9.31 Å². The summed E-state index contributed by atoms with van der Waals surface area (Å²) in [5.74, 6) is 1.01. The molecular weight excluding hydrogens is 373 g/mol. The highest BCUT2D eigenvalue weighted by Crippen LogP contribution is 2.36. The standard InChI is InChI=1S/C20H34BN3O3S/c1-19(2)20(3,4)27-21(26-19)16-14-22-18(23-15-16)28-13-7-9-17-8-5-6-10-24(17)11-12-25/h14-15,17,25H,5-13H2,1-4H3. The van der Waals surface area contributed by atoms with Crippen molar-refractivity contribution in [2.75, 3.05) is 25.4 Å². The third-order valence-corrected chi connectivity index (χ3v) is 7.18. The number of β-amino-alcohol motifs (C(OH)–C–C–N with tert-alkyl or cyclic N) is 1. The third kappa shape index (κ3) is 5.27. The van der Waals surface area contributed by atoms with E-state index in [1.54, 1.807) is 11.8 Å². The van der Waals surface area contributed by atoms with Gasteiger partial charge >= 0.3 is 7.12 Å². The van der Waals surface area contributed by atoms with Crippen molar-refractivity contribution >= 4 is 24.3 Å². The maximum absolute atomic E-state index is 9.23. The molecule has 0 spiro atoms. The number of likely N-dealkylation sites (tertiary alicyclic amines) is 1. The van der Waals surface area contributed by atoms with E-state index in [-0.39, 0.29) is 17.8 Å². The lowest BCUT2D eigenvalue weighted by Gasteiger charge is -2.35. The predicted molar refractivity (Wildman–Crippen MR) is 114 cm³/mol. The van der Waals surface area contributed by atoms with Crippen molar-refractivity contribution in [2.24, 2.45) is 0 Å². The van der Waals surface area contributed by atoms with Crippen molar-refractivity contribution in [1.29, 1.82) is 0 Å². The lowest BCUT2D eigenvalue weighted by atomic mass is 9.81. The van der Waals surface area contributed by atoms with Crippen LogP contribution in [0.25, 0.3) is 0 Å². The Hall–Kier alpha value is -0.665. The molecule has 8 heteroatoms. The van der Waals surface area contributed by atoms with Crippen LogP contribution >= 0.6 is 11.8 Å². The van der Waals surface area contributed by atoms with Crippen molar-refractivity contribution in [3.63, 3.8) is 0 Å². The normalized spacial score (nSPS) is 24.6. The Morgan fingerprint density at radius 2 is 1.86 bits per heavy atom. The van der Waals surface area contributed by atoms with Crippen LogP contribution in [0.3, 0.4) is 0 Å². The summed E-state index contributed by atoms with van der Waals surface area (Å²) in [6.45, 7) is 10.4. The third-order valence-electron chi connectivity index (χ3n) is 6.22. The molecule has 0 amide bonds. The van der Waals surface area contributed by atoms with Gasteiger partial charge in [-0.05, 0) is 59.9 Å². The first-order valence-electron chi connectivity index (χ1n) is 10.5. The van der Waals surface area contributed by atoms with Crippen LogP contribution in [0.2, 0.25) is 0 Å². The molecule has 3 rings (SSSR count). The molecule has 1 atom stereocenters.